The average Bonchev–Trinajstić information content (AvgIpc) is 2.89. The molecule has 1 aromatic rings. The van der Waals surface area contributed by atoms with E-state index in [0.717, 1.165) is 6.42 Å². The molecule has 12 nitrogen and oxygen atoms in total. The van der Waals surface area contributed by atoms with Gasteiger partial charge in [0.25, 0.3) is 0 Å². The average molecular weight is 626 g/mol. The van der Waals surface area contributed by atoms with Crippen molar-refractivity contribution in [3.05, 3.63) is 28.8 Å². The molecule has 4 aliphatic rings. The number of primary amides is 1. The summed E-state index contributed by atoms with van der Waals surface area (Å²) in [6.45, 7) is 8.72. The molecule has 0 radical (unpaired) electrons. The summed E-state index contributed by atoms with van der Waals surface area (Å²) >= 11 is 0. The first kappa shape index (κ1) is 32.9. The van der Waals surface area contributed by atoms with E-state index in [1.807, 2.05) is 20.8 Å². The van der Waals surface area contributed by atoms with Gasteiger partial charge in [-0.2, -0.15) is 0 Å². The Balaban J connectivity index is 1.67. The number of hydrogen-bond acceptors (Lipinski definition) is 11. The number of ketones is 4. The van der Waals surface area contributed by atoms with Gasteiger partial charge in [-0.3, -0.25) is 33.7 Å². The van der Waals surface area contributed by atoms with Gasteiger partial charge >= 0.3 is 5.97 Å². The highest BCUT2D eigenvalue weighted by Gasteiger charge is 2.74. The summed E-state index contributed by atoms with van der Waals surface area (Å²) in [5.74, 6) is -14.2. The van der Waals surface area contributed by atoms with E-state index in [9.17, 15) is 39.0 Å². The zero-order valence-electron chi connectivity index (χ0n) is 26.6. The lowest BCUT2D eigenvalue weighted by atomic mass is 9.49. The van der Waals surface area contributed by atoms with E-state index in [1.54, 1.807) is 19.1 Å². The van der Waals surface area contributed by atoms with Crippen LogP contribution in [0.2, 0.25) is 0 Å². The number of ether oxygens (including phenoxy) is 1. The van der Waals surface area contributed by atoms with Crippen LogP contribution in [0, 0.1) is 35.0 Å². The summed E-state index contributed by atoms with van der Waals surface area (Å²) in [4.78, 5) is 83.4. The SMILES string of the molecule is C[C@H]1c2ccc(CNCC(C)(C)C)c(O)c2C(=O)C2C(=O)[C@]3(O)C(=O)C(C(N)=O)C(=O)[C@@H](N(C)C)[C@@H]3[C@@H](OC(=O)C3CCC3)[C@@H]21. The smallest absolute Gasteiger partial charge is 0.309 e. The fourth-order valence-electron chi connectivity index (χ4n) is 7.74. The van der Waals surface area contributed by atoms with E-state index in [0.29, 0.717) is 30.5 Å². The molecule has 5 N–H and O–H groups in total. The standard InChI is InChI=1S/C33H43N3O9/c1-14-17-11-10-16(12-35-13-32(2,3)4)24(37)19(17)25(38)20-18(14)27(45-31(43)15-8-7-9-15)22-23(36(5)6)26(39)21(30(34)42)29(41)33(22,44)28(20)40/h10-11,14-15,18,20-23,27,35,37,44H,7-9,12-13H2,1-6H3,(H2,34,42)/t14-,18+,20?,21?,22+,23-,27-,33-/m0/s1. The predicted octanol–water partition coefficient (Wildman–Crippen LogP) is 0.886. The van der Waals surface area contributed by atoms with Crippen LogP contribution in [0.15, 0.2) is 12.1 Å². The molecule has 0 saturated heterocycles. The molecule has 45 heavy (non-hydrogen) atoms. The van der Waals surface area contributed by atoms with Gasteiger partial charge in [-0.05, 0) is 43.8 Å². The fourth-order valence-corrected chi connectivity index (χ4v) is 7.74. The van der Waals surface area contributed by atoms with E-state index in [4.69, 9.17) is 10.5 Å². The van der Waals surface area contributed by atoms with Crippen molar-refractivity contribution in [2.45, 2.75) is 77.2 Å². The van der Waals surface area contributed by atoms with E-state index >= 15 is 0 Å². The Morgan fingerprint density at radius 2 is 1.76 bits per heavy atom. The summed E-state index contributed by atoms with van der Waals surface area (Å²) in [5.41, 5.74) is 3.11. The molecule has 2 unspecified atom stereocenters. The molecule has 0 aliphatic heterocycles. The minimum Gasteiger partial charge on any atom is -0.507 e. The van der Waals surface area contributed by atoms with Crippen LogP contribution in [-0.4, -0.2) is 88.5 Å². The quantitative estimate of drug-likeness (QED) is 0.248. The van der Waals surface area contributed by atoms with Crippen molar-refractivity contribution in [1.29, 1.82) is 0 Å². The van der Waals surface area contributed by atoms with Gasteiger partial charge in [0.2, 0.25) is 5.91 Å². The molecule has 3 fully saturated rings. The molecular weight excluding hydrogens is 582 g/mol. The van der Waals surface area contributed by atoms with Crippen molar-refractivity contribution >= 4 is 35.0 Å². The first-order chi connectivity index (χ1) is 20.9. The lowest BCUT2D eigenvalue weighted by Gasteiger charge is -2.56. The van der Waals surface area contributed by atoms with Crippen molar-refractivity contribution < 1.29 is 43.7 Å². The molecule has 1 amide bonds. The number of amides is 1. The first-order valence-corrected chi connectivity index (χ1v) is 15.5. The molecule has 3 saturated carbocycles. The number of fused-ring (bicyclic) bond motifs is 3. The largest absolute Gasteiger partial charge is 0.507 e. The van der Waals surface area contributed by atoms with Gasteiger partial charge in [0, 0.05) is 24.6 Å². The Hall–Kier alpha value is -3.48. The second-order valence-corrected chi connectivity index (χ2v) is 14.6. The number of carbonyl (C=O) groups is 6. The van der Waals surface area contributed by atoms with Crippen LogP contribution < -0.4 is 11.1 Å². The molecular formula is C33H43N3O9. The maximum Gasteiger partial charge on any atom is 0.309 e. The number of nitrogens with one attached hydrogen (secondary N) is 1. The third-order valence-corrected chi connectivity index (χ3v) is 10.2. The molecule has 5 rings (SSSR count). The number of phenolic OH excluding ortho intramolecular Hbond substituents is 1. The Labute approximate surface area is 262 Å². The molecule has 0 bridgehead atoms. The molecule has 244 valence electrons. The maximum atomic E-state index is 14.4. The number of aromatic hydroxyl groups is 1. The van der Waals surface area contributed by atoms with E-state index in [2.05, 4.69) is 5.32 Å². The van der Waals surface area contributed by atoms with Gasteiger partial charge < -0.3 is 26.0 Å². The predicted molar refractivity (Wildman–Crippen MR) is 160 cm³/mol. The topological polar surface area (TPSA) is 193 Å². The van der Waals surface area contributed by atoms with Crippen LogP contribution in [0.3, 0.4) is 0 Å². The second kappa shape index (κ2) is 11.4. The summed E-state index contributed by atoms with van der Waals surface area (Å²) in [6.07, 6.45) is 0.531. The second-order valence-electron chi connectivity index (χ2n) is 14.6. The molecule has 4 aliphatic carbocycles. The van der Waals surface area contributed by atoms with Crippen LogP contribution >= 0.6 is 0 Å². The van der Waals surface area contributed by atoms with Gasteiger partial charge in [-0.15, -0.1) is 0 Å². The molecule has 12 heteroatoms. The van der Waals surface area contributed by atoms with Crippen LogP contribution in [0.5, 0.6) is 5.75 Å². The van der Waals surface area contributed by atoms with Gasteiger partial charge in [-0.1, -0.05) is 46.2 Å². The fraction of sp³-hybridized carbons (Fsp3) is 0.636. The lowest BCUT2D eigenvalue weighted by molar-refractivity contribution is -0.208. The van der Waals surface area contributed by atoms with Gasteiger partial charge in [0.1, 0.15) is 11.9 Å². The number of aliphatic hydroxyl groups is 1. The Bertz CT molecular complexity index is 1480. The number of phenols is 1. The third kappa shape index (κ3) is 5.11. The summed E-state index contributed by atoms with van der Waals surface area (Å²) < 4.78 is 6.07. The number of nitrogens with two attached hydrogens (primary N) is 1. The molecule has 0 spiro atoms. The summed E-state index contributed by atoms with van der Waals surface area (Å²) in [7, 11) is 2.96. The van der Waals surface area contributed by atoms with Gasteiger partial charge in [-0.25, -0.2) is 0 Å². The van der Waals surface area contributed by atoms with E-state index in [-0.39, 0.29) is 23.3 Å². The molecule has 0 aromatic heterocycles. The first-order valence-electron chi connectivity index (χ1n) is 15.5. The molecule has 8 atom stereocenters. The van der Waals surface area contributed by atoms with E-state index in [1.165, 1.54) is 19.0 Å². The Kier molecular flexibility index (Phi) is 8.33. The van der Waals surface area contributed by atoms with Crippen LogP contribution in [0.4, 0.5) is 0 Å². The Morgan fingerprint density at radius 3 is 2.29 bits per heavy atom. The van der Waals surface area contributed by atoms with Crippen molar-refractivity contribution in [2.24, 2.45) is 40.7 Å². The van der Waals surface area contributed by atoms with E-state index < -0.39 is 88.3 Å². The number of nitrogens with zero attached hydrogens (tertiary/aromatic N) is 1. The monoisotopic (exact) mass is 625 g/mol. The van der Waals surface area contributed by atoms with Gasteiger partial charge in [0.05, 0.1) is 29.4 Å². The lowest BCUT2D eigenvalue weighted by Crippen LogP contribution is -2.78. The number of Topliss-reactive ketones (excluding diaryl/α,β-unsaturated/α-hetero) is 4. The normalized spacial score (nSPS) is 33.3. The highest BCUT2D eigenvalue weighted by molar-refractivity contribution is 6.32. The van der Waals surface area contributed by atoms with Crippen molar-refractivity contribution in [3.8, 4) is 5.75 Å². The molecule has 0 heterocycles. The van der Waals surface area contributed by atoms with Crippen molar-refractivity contribution in [2.75, 3.05) is 20.6 Å². The minimum atomic E-state index is -3.04. The highest BCUT2D eigenvalue weighted by atomic mass is 16.5. The molecule has 1 aromatic carbocycles. The van der Waals surface area contributed by atoms with Crippen LogP contribution in [0.25, 0.3) is 0 Å². The number of hydrogen-bond donors (Lipinski definition) is 4. The number of likely N-dealkylation sites (N-methyl/N-ethyl adjacent to an activating group) is 1. The van der Waals surface area contributed by atoms with Gasteiger partial charge in [0.15, 0.2) is 34.7 Å². The Morgan fingerprint density at radius 1 is 1.11 bits per heavy atom. The minimum absolute atomic E-state index is 0.0467. The van der Waals surface area contributed by atoms with Crippen molar-refractivity contribution in [3.63, 3.8) is 0 Å². The van der Waals surface area contributed by atoms with Crippen molar-refractivity contribution in [1.82, 2.24) is 10.2 Å². The van der Waals surface area contributed by atoms with Crippen LogP contribution in [0.1, 0.15) is 74.4 Å². The highest BCUT2D eigenvalue weighted by Crippen LogP contribution is 2.56. The zero-order valence-corrected chi connectivity index (χ0v) is 26.6. The number of benzene rings is 1. The third-order valence-electron chi connectivity index (χ3n) is 10.2. The van der Waals surface area contributed by atoms with Crippen LogP contribution in [-0.2, 0) is 35.3 Å². The maximum absolute atomic E-state index is 14.4. The number of carbonyl (C=O) groups excluding carboxylic acids is 6. The number of esters is 1. The number of rotatable bonds is 7. The summed E-state index contributed by atoms with van der Waals surface area (Å²) in [6, 6.07) is 1.97. The zero-order chi connectivity index (χ0) is 33.3. The summed E-state index contributed by atoms with van der Waals surface area (Å²) in [5, 5.41) is 26.8.